The first-order valence-electron chi connectivity index (χ1n) is 17.8. The normalized spacial score (nSPS) is 60.6. The van der Waals surface area contributed by atoms with E-state index in [4.69, 9.17) is 38.3 Å². The van der Waals surface area contributed by atoms with E-state index in [0.717, 1.165) is 7.11 Å². The fourth-order valence-corrected chi connectivity index (χ4v) is 2.27. The number of aliphatic hydroxyl groups is 1. The number of nitrogens with zero attached hydrogens (tertiary/aromatic N) is 1. The molecule has 3 rings (SSSR count). The van der Waals surface area contributed by atoms with Gasteiger partial charge in [-0.25, -0.2) is 0 Å². The molecule has 1 saturated heterocycles. The first-order valence-corrected chi connectivity index (χ1v) is 6.82. The van der Waals surface area contributed by atoms with E-state index < -0.39 is 104 Å². The summed E-state index contributed by atoms with van der Waals surface area (Å²) in [5.74, 6) is -6.12. The van der Waals surface area contributed by atoms with Crippen LogP contribution in [0.1, 0.15) is 80.7 Å². The summed E-state index contributed by atoms with van der Waals surface area (Å²) in [6, 6.07) is -2.78. The standard InChI is InChI=1S/C20H31NO3/c1-20(2,3)11-14-12-21-7-6-13-8-18(23-4)19(24-5)9-15(13)16(21)10-17(14)22/h8-9,14,16-17,22H,6-7,10-12H2,1-5H3/i1D3,2D3,4D3,6D2,7D2,10D2,11D2,12D2,14D,16D,17D. The van der Waals surface area contributed by atoms with Gasteiger partial charge >= 0.3 is 0 Å². The molecule has 1 fully saturated rings. The van der Waals surface area contributed by atoms with Gasteiger partial charge in [-0.1, -0.05) is 20.6 Å². The molecule has 2 aliphatic rings. The monoisotopic (exact) mass is 355 g/mol. The van der Waals surface area contributed by atoms with Crippen LogP contribution in [0.25, 0.3) is 0 Å². The molecular weight excluding hydrogens is 302 g/mol. The van der Waals surface area contributed by atoms with Crippen LogP contribution in [0.5, 0.6) is 11.5 Å². The van der Waals surface area contributed by atoms with Gasteiger partial charge in [0.1, 0.15) is 0 Å². The molecule has 3 unspecified atom stereocenters. The number of benzene rings is 1. The average molecular weight is 356 g/mol. The van der Waals surface area contributed by atoms with Crippen molar-refractivity contribution in [2.24, 2.45) is 11.3 Å². The van der Waals surface area contributed by atoms with Crippen LogP contribution in [-0.4, -0.2) is 43.2 Å². The zero-order chi connectivity index (χ0) is 36.7. The van der Waals surface area contributed by atoms with Gasteiger partial charge in [0.15, 0.2) is 11.5 Å². The van der Waals surface area contributed by atoms with Gasteiger partial charge in [-0.3, -0.25) is 4.90 Å². The summed E-state index contributed by atoms with van der Waals surface area (Å²) < 4.78 is 194. The Kier molecular flexibility index (Phi) is 1.35. The van der Waals surface area contributed by atoms with Crippen molar-refractivity contribution in [3.8, 4) is 11.5 Å². The van der Waals surface area contributed by atoms with Gasteiger partial charge in [0.2, 0.25) is 0 Å². The molecular formula is C20H31NO3. The summed E-state index contributed by atoms with van der Waals surface area (Å²) in [5, 5.41) is 11.6. The second-order valence-electron chi connectivity index (χ2n) is 5.28. The number of piperidine rings is 1. The Balaban J connectivity index is 2.64. The highest BCUT2D eigenvalue weighted by Crippen LogP contribution is 2.44. The predicted octanol–water partition coefficient (Wildman–Crippen LogP) is 3.42. The molecule has 134 valence electrons. The average Bonchev–Trinajstić information content (AvgIpc) is 2.82. The van der Waals surface area contributed by atoms with E-state index in [9.17, 15) is 6.48 Å². The fraction of sp³-hybridized carbons (Fsp3) is 0.700. The summed E-state index contributed by atoms with van der Waals surface area (Å²) in [6.45, 7) is -16.3. The fourth-order valence-electron chi connectivity index (χ4n) is 2.27. The van der Waals surface area contributed by atoms with Crippen LogP contribution in [0.2, 0.25) is 0 Å². The van der Waals surface area contributed by atoms with Gasteiger partial charge in [0.25, 0.3) is 0 Å². The third-order valence-electron chi connectivity index (χ3n) is 3.27. The molecule has 1 aromatic carbocycles. The molecule has 3 atom stereocenters. The molecule has 0 amide bonds. The second kappa shape index (κ2) is 6.57. The Morgan fingerprint density at radius 1 is 1.46 bits per heavy atom. The van der Waals surface area contributed by atoms with E-state index in [-0.39, 0.29) is 6.92 Å². The summed E-state index contributed by atoms with van der Waals surface area (Å²) in [6.07, 6.45) is -17.2. The molecule has 2 aliphatic heterocycles. The first-order chi connectivity index (χ1) is 19.9. The Hall–Kier alpha value is -1.26. The lowest BCUT2D eigenvalue weighted by Crippen LogP contribution is -2.48. The summed E-state index contributed by atoms with van der Waals surface area (Å²) in [5.41, 5.74) is -6.02. The summed E-state index contributed by atoms with van der Waals surface area (Å²) >= 11 is 0. The van der Waals surface area contributed by atoms with Crippen LogP contribution in [0.4, 0.5) is 0 Å². The Morgan fingerprint density at radius 3 is 2.96 bits per heavy atom. The number of aryl methyl sites for hydroxylation is 1. The quantitative estimate of drug-likeness (QED) is 0.902. The van der Waals surface area contributed by atoms with Gasteiger partial charge in [-0.2, -0.15) is 0 Å². The molecule has 1 N–H and O–H groups in total. The predicted molar refractivity (Wildman–Crippen MR) is 95.7 cm³/mol. The molecule has 4 heteroatoms. The Morgan fingerprint density at radius 2 is 2.25 bits per heavy atom. The highest BCUT2D eigenvalue weighted by Gasteiger charge is 2.39. The van der Waals surface area contributed by atoms with Gasteiger partial charge in [0.05, 0.1) is 27.1 Å². The van der Waals surface area contributed by atoms with Gasteiger partial charge < -0.3 is 14.6 Å². The number of hydrogen-bond acceptors (Lipinski definition) is 4. The first kappa shape index (κ1) is 4.92. The number of methoxy groups -OCH3 is 2. The van der Waals surface area contributed by atoms with Crippen molar-refractivity contribution in [2.45, 2.75) is 51.8 Å². The van der Waals surface area contributed by atoms with Crippen LogP contribution in [0.15, 0.2) is 12.1 Å². The molecule has 0 saturated carbocycles. The molecule has 0 bridgehead atoms. The molecule has 0 aromatic heterocycles. The number of hydrogen-bond donors (Lipinski definition) is 1. The minimum absolute atomic E-state index is 0.240. The molecule has 0 spiro atoms. The highest BCUT2D eigenvalue weighted by molar-refractivity contribution is 5.49. The molecule has 0 radical (unpaired) electrons. The van der Waals surface area contributed by atoms with Crippen LogP contribution < -0.4 is 9.47 Å². The SMILES string of the molecule is [2H]C([2H])([2H])Oc1cc2c(cc1OC)C1([2H])N(C([2H])([2H])C2([2H])[2H])C([2H])([2H])C([2H])(C([2H])([2H])C(C)(C([2H])([2H])[2H])C([2H])([2H])[2H])C([2H])(O)C1([2H])[2H]. The van der Waals surface area contributed by atoms with Crippen molar-refractivity contribution in [2.75, 3.05) is 27.1 Å². The van der Waals surface area contributed by atoms with Crippen LogP contribution in [-0.2, 0) is 6.37 Å². The molecule has 24 heavy (non-hydrogen) atoms. The molecule has 4 nitrogen and oxygen atoms in total. The van der Waals surface area contributed by atoms with E-state index in [1.807, 2.05) is 0 Å². The number of fused-ring (bicyclic) bond motifs is 3. The minimum Gasteiger partial charge on any atom is -0.493 e. The zero-order valence-corrected chi connectivity index (χ0v) is 12.9. The van der Waals surface area contributed by atoms with Gasteiger partial charge in [-0.05, 0) is 53.7 Å². The van der Waals surface area contributed by atoms with Crippen molar-refractivity contribution in [1.29, 1.82) is 0 Å². The largest absolute Gasteiger partial charge is 0.493 e. The van der Waals surface area contributed by atoms with E-state index in [0.29, 0.717) is 12.1 Å². The third kappa shape index (κ3) is 3.40. The lowest BCUT2D eigenvalue weighted by Gasteiger charge is -2.47. The van der Waals surface area contributed by atoms with Gasteiger partial charge in [-0.15, -0.1) is 0 Å². The lowest BCUT2D eigenvalue weighted by molar-refractivity contribution is -0.0259. The molecule has 2 heterocycles. The zero-order valence-electron chi connectivity index (χ0n) is 34.9. The lowest BCUT2D eigenvalue weighted by atomic mass is 9.75. The topological polar surface area (TPSA) is 41.9 Å². The van der Waals surface area contributed by atoms with E-state index in [1.165, 1.54) is 0 Å². The maximum absolute atomic E-state index is 11.6. The maximum Gasteiger partial charge on any atom is 0.161 e. The van der Waals surface area contributed by atoms with Gasteiger partial charge in [0, 0.05) is 42.3 Å². The van der Waals surface area contributed by atoms with Crippen molar-refractivity contribution in [3.63, 3.8) is 0 Å². The Labute approximate surface area is 176 Å². The smallest absolute Gasteiger partial charge is 0.161 e. The maximum atomic E-state index is 11.6. The van der Waals surface area contributed by atoms with Crippen LogP contribution >= 0.6 is 0 Å². The van der Waals surface area contributed by atoms with Crippen molar-refractivity contribution in [1.82, 2.24) is 4.90 Å². The Bertz CT molecular complexity index is 1380. The second-order valence-corrected chi connectivity index (χ2v) is 5.28. The third-order valence-corrected chi connectivity index (χ3v) is 3.27. The number of ether oxygens (including phenoxy) is 2. The van der Waals surface area contributed by atoms with E-state index >= 15 is 0 Å². The summed E-state index contributed by atoms with van der Waals surface area (Å²) in [7, 11) is -2.28. The van der Waals surface area contributed by atoms with E-state index in [2.05, 4.69) is 0 Å². The minimum atomic E-state index is -4.70. The highest BCUT2D eigenvalue weighted by atomic mass is 16.5. The van der Waals surface area contributed by atoms with Crippen molar-refractivity contribution in [3.05, 3.63) is 23.3 Å². The van der Waals surface area contributed by atoms with Crippen molar-refractivity contribution < 1.29 is 44.7 Å². The van der Waals surface area contributed by atoms with E-state index in [1.54, 1.807) is 0 Å². The van der Waals surface area contributed by atoms with Crippen LogP contribution in [0.3, 0.4) is 0 Å². The molecule has 0 aliphatic carbocycles. The molecule has 1 aromatic rings. The van der Waals surface area contributed by atoms with Crippen LogP contribution in [0, 0.1) is 11.3 Å². The number of rotatable bonds is 3. The summed E-state index contributed by atoms with van der Waals surface area (Å²) in [4.78, 5) is -0.605. The van der Waals surface area contributed by atoms with Crippen molar-refractivity contribution >= 4 is 0 Å².